The van der Waals surface area contributed by atoms with Crippen LogP contribution in [0.1, 0.15) is 30.0 Å². The van der Waals surface area contributed by atoms with Crippen molar-refractivity contribution in [1.29, 1.82) is 0 Å². The number of rotatable bonds is 9. The molecule has 0 spiro atoms. The smallest absolute Gasteiger partial charge is 0.191 e. The van der Waals surface area contributed by atoms with Gasteiger partial charge in [-0.25, -0.2) is 17.8 Å². The molecule has 0 aliphatic rings. The largest absolute Gasteiger partial charge is 0.357 e. The number of aliphatic imine (C=N–C) groups is 1. The Morgan fingerprint density at radius 2 is 1.79 bits per heavy atom. The molecule has 0 unspecified atom stereocenters. The summed E-state index contributed by atoms with van der Waals surface area (Å²) in [6.45, 7) is 5.30. The minimum Gasteiger partial charge on any atom is -0.357 e. The lowest BCUT2D eigenvalue weighted by atomic mass is 10.1. The molecule has 0 aliphatic heterocycles. The molecule has 0 fully saturated rings. The first kappa shape index (κ1) is 25.4. The van der Waals surface area contributed by atoms with Gasteiger partial charge in [-0.2, -0.15) is 0 Å². The van der Waals surface area contributed by atoms with Crippen molar-refractivity contribution in [3.63, 3.8) is 0 Å². The minimum atomic E-state index is -3.14. The summed E-state index contributed by atoms with van der Waals surface area (Å²) in [5.74, 6) is 0.566. The number of aryl methyl sites for hydroxylation is 1. The molecule has 0 aromatic heterocycles. The molecule has 0 radical (unpaired) electrons. The normalized spacial score (nSPS) is 11.6. The molecule has 0 aliphatic carbocycles. The molecule has 8 heteroatoms. The highest BCUT2D eigenvalue weighted by Crippen LogP contribution is 2.10. The first-order valence-electron chi connectivity index (χ1n) is 9.41. The van der Waals surface area contributed by atoms with E-state index in [-0.39, 0.29) is 41.3 Å². The zero-order chi connectivity index (χ0) is 20.4. The molecular weight excluding hydrogens is 504 g/mol. The van der Waals surface area contributed by atoms with Crippen molar-refractivity contribution in [2.75, 3.05) is 18.8 Å². The van der Waals surface area contributed by atoms with Gasteiger partial charge in [-0.05, 0) is 43.0 Å². The van der Waals surface area contributed by atoms with E-state index >= 15 is 0 Å². The van der Waals surface area contributed by atoms with Crippen LogP contribution in [0.4, 0.5) is 4.39 Å². The second-order valence-corrected chi connectivity index (χ2v) is 8.82. The average Bonchev–Trinajstić information content (AvgIpc) is 2.66. The van der Waals surface area contributed by atoms with Gasteiger partial charge in [0, 0.05) is 13.1 Å². The topological polar surface area (TPSA) is 70.6 Å². The van der Waals surface area contributed by atoms with Gasteiger partial charge >= 0.3 is 0 Å². The molecular formula is C21H29FIN3O2S. The van der Waals surface area contributed by atoms with Crippen molar-refractivity contribution in [3.05, 3.63) is 71.0 Å². The fourth-order valence-corrected chi connectivity index (χ4v) is 4.15. The second kappa shape index (κ2) is 12.8. The molecule has 0 heterocycles. The summed E-state index contributed by atoms with van der Waals surface area (Å²) < 4.78 is 37.8. The minimum absolute atomic E-state index is 0. The number of benzene rings is 2. The lowest BCUT2D eigenvalue weighted by molar-refractivity contribution is 0.591. The Kier molecular flexibility index (Phi) is 11.2. The third-order valence-corrected chi connectivity index (χ3v) is 5.82. The zero-order valence-electron chi connectivity index (χ0n) is 16.8. The molecule has 0 saturated heterocycles. The van der Waals surface area contributed by atoms with E-state index in [1.165, 1.54) is 6.07 Å². The van der Waals surface area contributed by atoms with Crippen molar-refractivity contribution in [1.82, 2.24) is 10.6 Å². The second-order valence-electron chi connectivity index (χ2n) is 6.64. The fraction of sp³-hybridized carbons (Fsp3) is 0.381. The summed E-state index contributed by atoms with van der Waals surface area (Å²) in [6.07, 6.45) is 0.495. The van der Waals surface area contributed by atoms with Crippen LogP contribution in [-0.4, -0.2) is 33.2 Å². The summed E-state index contributed by atoms with van der Waals surface area (Å²) in [5.41, 5.74) is 2.32. The van der Waals surface area contributed by atoms with Crippen LogP contribution in [0.3, 0.4) is 0 Å². The van der Waals surface area contributed by atoms with Gasteiger partial charge in [0.1, 0.15) is 5.82 Å². The molecule has 0 bridgehead atoms. The SMILES string of the molecule is CCNC(=NCc1ccc(F)c(C)c1)NCCCS(=O)(=O)Cc1ccccc1.I. The van der Waals surface area contributed by atoms with Gasteiger partial charge in [-0.3, -0.25) is 0 Å². The van der Waals surface area contributed by atoms with Crippen molar-refractivity contribution >= 4 is 39.8 Å². The molecule has 160 valence electrons. The maximum atomic E-state index is 13.3. The number of halogens is 2. The summed E-state index contributed by atoms with van der Waals surface area (Å²) in [7, 11) is -3.14. The van der Waals surface area contributed by atoms with E-state index in [1.54, 1.807) is 19.1 Å². The van der Waals surface area contributed by atoms with Gasteiger partial charge in [0.05, 0.1) is 18.1 Å². The molecule has 2 aromatic carbocycles. The molecule has 2 N–H and O–H groups in total. The Morgan fingerprint density at radius 1 is 1.07 bits per heavy atom. The molecule has 0 atom stereocenters. The summed E-state index contributed by atoms with van der Waals surface area (Å²) in [5, 5.41) is 6.29. The maximum Gasteiger partial charge on any atom is 0.191 e. The first-order valence-corrected chi connectivity index (χ1v) is 11.2. The molecule has 29 heavy (non-hydrogen) atoms. The van der Waals surface area contributed by atoms with Gasteiger partial charge in [0.15, 0.2) is 15.8 Å². The van der Waals surface area contributed by atoms with E-state index < -0.39 is 9.84 Å². The first-order chi connectivity index (χ1) is 13.4. The van der Waals surface area contributed by atoms with Gasteiger partial charge in [0.25, 0.3) is 0 Å². The van der Waals surface area contributed by atoms with Crippen LogP contribution in [0.25, 0.3) is 0 Å². The third kappa shape index (κ3) is 9.58. The Bertz CT molecular complexity index is 890. The van der Waals surface area contributed by atoms with Gasteiger partial charge in [-0.15, -0.1) is 24.0 Å². The monoisotopic (exact) mass is 533 g/mol. The fourth-order valence-electron chi connectivity index (χ4n) is 2.72. The highest BCUT2D eigenvalue weighted by atomic mass is 127. The molecule has 2 aromatic rings. The number of nitrogens with one attached hydrogen (secondary N) is 2. The number of nitrogens with zero attached hydrogens (tertiary/aromatic N) is 1. The van der Waals surface area contributed by atoms with E-state index in [9.17, 15) is 12.8 Å². The van der Waals surface area contributed by atoms with Crippen molar-refractivity contribution in [2.45, 2.75) is 32.6 Å². The lowest BCUT2D eigenvalue weighted by Crippen LogP contribution is -2.38. The van der Waals surface area contributed by atoms with Crippen LogP contribution in [0.5, 0.6) is 0 Å². The van der Waals surface area contributed by atoms with E-state index in [2.05, 4.69) is 15.6 Å². The highest BCUT2D eigenvalue weighted by molar-refractivity contribution is 14.0. The number of guanidine groups is 1. The molecule has 5 nitrogen and oxygen atoms in total. The van der Waals surface area contributed by atoms with Crippen molar-refractivity contribution in [3.8, 4) is 0 Å². The van der Waals surface area contributed by atoms with Crippen LogP contribution >= 0.6 is 24.0 Å². The van der Waals surface area contributed by atoms with Crippen LogP contribution in [0.15, 0.2) is 53.5 Å². The lowest BCUT2D eigenvalue weighted by Gasteiger charge is -2.12. The van der Waals surface area contributed by atoms with Crippen molar-refractivity contribution in [2.24, 2.45) is 4.99 Å². The number of hydrogen-bond acceptors (Lipinski definition) is 3. The van der Waals surface area contributed by atoms with Crippen LogP contribution in [0, 0.1) is 12.7 Å². The Balaban J connectivity index is 0.00000420. The summed E-state index contributed by atoms with van der Waals surface area (Å²) in [6, 6.07) is 14.1. The number of hydrogen-bond donors (Lipinski definition) is 2. The summed E-state index contributed by atoms with van der Waals surface area (Å²) >= 11 is 0. The zero-order valence-corrected chi connectivity index (χ0v) is 20.0. The predicted octanol–water partition coefficient (Wildman–Crippen LogP) is 3.81. The molecule has 2 rings (SSSR count). The highest BCUT2D eigenvalue weighted by Gasteiger charge is 2.11. The Hall–Kier alpha value is -1.68. The number of sulfone groups is 1. The summed E-state index contributed by atoms with van der Waals surface area (Å²) in [4.78, 5) is 4.48. The molecule has 0 amide bonds. The predicted molar refractivity (Wildman–Crippen MR) is 128 cm³/mol. The average molecular weight is 533 g/mol. The van der Waals surface area contributed by atoms with E-state index in [0.29, 0.717) is 37.6 Å². The van der Waals surface area contributed by atoms with E-state index in [0.717, 1.165) is 11.1 Å². The van der Waals surface area contributed by atoms with Gasteiger partial charge in [-0.1, -0.05) is 42.5 Å². The van der Waals surface area contributed by atoms with E-state index in [4.69, 9.17) is 0 Å². The van der Waals surface area contributed by atoms with Gasteiger partial charge in [0.2, 0.25) is 0 Å². The van der Waals surface area contributed by atoms with Crippen LogP contribution in [0.2, 0.25) is 0 Å². The Labute approximate surface area is 190 Å². The quantitative estimate of drug-likeness (QED) is 0.223. The van der Waals surface area contributed by atoms with Gasteiger partial charge < -0.3 is 10.6 Å². The maximum absolute atomic E-state index is 13.3. The van der Waals surface area contributed by atoms with Crippen LogP contribution < -0.4 is 10.6 Å². The standard InChI is InChI=1S/C21H28FN3O2S.HI/c1-3-23-21(25-15-19-10-11-20(22)17(2)14-19)24-12-7-13-28(26,27)16-18-8-5-4-6-9-18;/h4-6,8-11,14H,3,7,12-13,15-16H2,1-2H3,(H2,23,24,25);1H. The van der Waals surface area contributed by atoms with Crippen LogP contribution in [-0.2, 0) is 22.1 Å². The van der Waals surface area contributed by atoms with Crippen molar-refractivity contribution < 1.29 is 12.8 Å². The van der Waals surface area contributed by atoms with E-state index in [1.807, 2.05) is 37.3 Å². The molecule has 0 saturated carbocycles. The Morgan fingerprint density at radius 3 is 2.45 bits per heavy atom. The third-order valence-electron chi connectivity index (χ3n) is 4.14.